The molecule has 0 unspecified atom stereocenters. The molecular formula is C22H19NO3. The molecule has 0 aliphatic rings. The second-order valence-corrected chi connectivity index (χ2v) is 5.65. The van der Waals surface area contributed by atoms with Gasteiger partial charge in [-0.15, -0.1) is 0 Å². The molecule has 0 aliphatic heterocycles. The smallest absolute Gasteiger partial charge is 0.203 e. The Bertz CT molecular complexity index is 991. The minimum Gasteiger partial charge on any atom is -0.493 e. The summed E-state index contributed by atoms with van der Waals surface area (Å²) in [7, 11) is 4.77. The first-order chi connectivity index (χ1) is 12.7. The summed E-state index contributed by atoms with van der Waals surface area (Å²) in [6.45, 7) is 0. The standard InChI is InChI=1S/C22H19NO3/c1-24-20-12-15(13-21(25-2)22(20)26-3)8-9-16-10-11-17(14-23)19-7-5-4-6-18(16)19/h4-13H,1-3H3/b9-8+. The maximum Gasteiger partial charge on any atom is 0.203 e. The number of methoxy groups -OCH3 is 3. The van der Waals surface area contributed by atoms with E-state index in [1.165, 1.54) is 0 Å². The van der Waals surface area contributed by atoms with Crippen molar-refractivity contribution in [3.63, 3.8) is 0 Å². The molecule has 26 heavy (non-hydrogen) atoms. The Morgan fingerprint density at radius 3 is 2.04 bits per heavy atom. The second kappa shape index (κ2) is 7.62. The highest BCUT2D eigenvalue weighted by Crippen LogP contribution is 2.38. The topological polar surface area (TPSA) is 51.5 Å². The monoisotopic (exact) mass is 345 g/mol. The van der Waals surface area contributed by atoms with Crippen molar-refractivity contribution in [3.05, 3.63) is 65.2 Å². The largest absolute Gasteiger partial charge is 0.493 e. The van der Waals surface area contributed by atoms with Crippen molar-refractivity contribution >= 4 is 22.9 Å². The Balaban J connectivity index is 2.06. The highest BCUT2D eigenvalue weighted by molar-refractivity contribution is 5.96. The van der Waals surface area contributed by atoms with Crippen LogP contribution in [0.5, 0.6) is 17.2 Å². The fourth-order valence-corrected chi connectivity index (χ4v) is 2.95. The van der Waals surface area contributed by atoms with E-state index < -0.39 is 0 Å². The summed E-state index contributed by atoms with van der Waals surface area (Å²) in [4.78, 5) is 0. The molecule has 0 saturated heterocycles. The van der Waals surface area contributed by atoms with Crippen LogP contribution in [0, 0.1) is 11.3 Å². The van der Waals surface area contributed by atoms with Crippen molar-refractivity contribution < 1.29 is 14.2 Å². The van der Waals surface area contributed by atoms with Crippen LogP contribution in [0.1, 0.15) is 16.7 Å². The van der Waals surface area contributed by atoms with Crippen LogP contribution in [0.25, 0.3) is 22.9 Å². The van der Waals surface area contributed by atoms with E-state index in [2.05, 4.69) is 6.07 Å². The van der Waals surface area contributed by atoms with Crippen molar-refractivity contribution in [2.45, 2.75) is 0 Å². The molecule has 0 amide bonds. The molecule has 0 saturated carbocycles. The van der Waals surface area contributed by atoms with Crippen LogP contribution in [-0.4, -0.2) is 21.3 Å². The van der Waals surface area contributed by atoms with Crippen LogP contribution in [0.4, 0.5) is 0 Å². The lowest BCUT2D eigenvalue weighted by molar-refractivity contribution is 0.324. The van der Waals surface area contributed by atoms with E-state index in [4.69, 9.17) is 14.2 Å². The van der Waals surface area contributed by atoms with Crippen LogP contribution in [0.3, 0.4) is 0 Å². The van der Waals surface area contributed by atoms with Gasteiger partial charge in [-0.2, -0.15) is 5.26 Å². The lowest BCUT2D eigenvalue weighted by Gasteiger charge is -2.13. The Morgan fingerprint density at radius 1 is 0.808 bits per heavy atom. The van der Waals surface area contributed by atoms with Crippen LogP contribution in [0.2, 0.25) is 0 Å². The Hall–Kier alpha value is -3.45. The number of benzene rings is 3. The van der Waals surface area contributed by atoms with E-state index in [1.807, 2.05) is 60.7 Å². The fraction of sp³-hybridized carbons (Fsp3) is 0.136. The molecule has 3 aromatic carbocycles. The van der Waals surface area contributed by atoms with Crippen LogP contribution < -0.4 is 14.2 Å². The third kappa shape index (κ3) is 3.20. The minimum atomic E-state index is 0.566. The summed E-state index contributed by atoms with van der Waals surface area (Å²) in [5.41, 5.74) is 2.63. The summed E-state index contributed by atoms with van der Waals surface area (Å²) in [6.07, 6.45) is 4.00. The zero-order valence-corrected chi connectivity index (χ0v) is 14.9. The van der Waals surface area contributed by atoms with Crippen LogP contribution in [-0.2, 0) is 0 Å². The zero-order chi connectivity index (χ0) is 18.5. The lowest BCUT2D eigenvalue weighted by Crippen LogP contribution is -1.95. The van der Waals surface area contributed by atoms with Crippen LogP contribution >= 0.6 is 0 Å². The Morgan fingerprint density at radius 2 is 1.46 bits per heavy atom. The maximum absolute atomic E-state index is 9.29. The number of fused-ring (bicyclic) bond motifs is 1. The maximum atomic E-state index is 9.29. The quantitative estimate of drug-likeness (QED) is 0.617. The molecule has 0 radical (unpaired) electrons. The molecule has 0 atom stereocenters. The van der Waals surface area contributed by atoms with Gasteiger partial charge in [0, 0.05) is 5.39 Å². The molecule has 0 fully saturated rings. The van der Waals surface area contributed by atoms with Gasteiger partial charge in [-0.1, -0.05) is 42.5 Å². The second-order valence-electron chi connectivity index (χ2n) is 5.65. The summed E-state index contributed by atoms with van der Waals surface area (Å²) >= 11 is 0. The van der Waals surface area contributed by atoms with E-state index >= 15 is 0 Å². The summed E-state index contributed by atoms with van der Waals surface area (Å²) in [6, 6.07) is 17.7. The zero-order valence-electron chi connectivity index (χ0n) is 14.9. The lowest BCUT2D eigenvalue weighted by atomic mass is 9.99. The first-order valence-corrected chi connectivity index (χ1v) is 8.11. The van der Waals surface area contributed by atoms with Gasteiger partial charge in [-0.25, -0.2) is 0 Å². The third-order valence-corrected chi connectivity index (χ3v) is 4.22. The average molecular weight is 345 g/mol. The van der Waals surface area contributed by atoms with E-state index in [0.29, 0.717) is 22.8 Å². The number of rotatable bonds is 5. The van der Waals surface area contributed by atoms with Gasteiger partial charge < -0.3 is 14.2 Å². The van der Waals surface area contributed by atoms with Crippen molar-refractivity contribution in [1.29, 1.82) is 5.26 Å². The predicted molar refractivity (Wildman–Crippen MR) is 104 cm³/mol. The van der Waals surface area contributed by atoms with E-state index in [0.717, 1.165) is 21.9 Å². The molecule has 0 aliphatic carbocycles. The summed E-state index contributed by atoms with van der Waals surface area (Å²) in [5.74, 6) is 1.78. The molecule has 4 nitrogen and oxygen atoms in total. The molecule has 0 spiro atoms. The molecule has 0 aromatic heterocycles. The average Bonchev–Trinajstić information content (AvgIpc) is 2.70. The highest BCUT2D eigenvalue weighted by Gasteiger charge is 2.12. The van der Waals surface area contributed by atoms with Gasteiger partial charge in [0.25, 0.3) is 0 Å². The molecule has 3 aromatic rings. The normalized spacial score (nSPS) is 10.7. The third-order valence-electron chi connectivity index (χ3n) is 4.22. The van der Waals surface area contributed by atoms with Crippen molar-refractivity contribution in [1.82, 2.24) is 0 Å². The van der Waals surface area contributed by atoms with E-state index in [-0.39, 0.29) is 0 Å². The fourth-order valence-electron chi connectivity index (χ4n) is 2.95. The van der Waals surface area contributed by atoms with Gasteiger partial charge in [-0.3, -0.25) is 0 Å². The number of nitrogens with zero attached hydrogens (tertiary/aromatic N) is 1. The van der Waals surface area contributed by atoms with E-state index in [1.54, 1.807) is 21.3 Å². The Labute approximate surface area is 152 Å². The molecule has 0 N–H and O–H groups in total. The van der Waals surface area contributed by atoms with Gasteiger partial charge in [0.2, 0.25) is 5.75 Å². The van der Waals surface area contributed by atoms with E-state index in [9.17, 15) is 5.26 Å². The number of hydrogen-bond donors (Lipinski definition) is 0. The first kappa shape index (κ1) is 17.4. The molecule has 130 valence electrons. The highest BCUT2D eigenvalue weighted by atomic mass is 16.5. The molecule has 4 heteroatoms. The first-order valence-electron chi connectivity index (χ1n) is 8.11. The van der Waals surface area contributed by atoms with Gasteiger partial charge >= 0.3 is 0 Å². The summed E-state index contributed by atoms with van der Waals surface area (Å²) < 4.78 is 16.1. The minimum absolute atomic E-state index is 0.566. The van der Waals surface area contributed by atoms with Crippen LogP contribution in [0.15, 0.2) is 48.5 Å². The van der Waals surface area contributed by atoms with Gasteiger partial charge in [0.15, 0.2) is 11.5 Å². The Kier molecular flexibility index (Phi) is 5.09. The number of hydrogen-bond acceptors (Lipinski definition) is 4. The SMILES string of the molecule is COc1cc(/C=C/c2ccc(C#N)c3ccccc23)cc(OC)c1OC. The van der Waals surface area contributed by atoms with Crippen molar-refractivity contribution in [3.8, 4) is 23.3 Å². The van der Waals surface area contributed by atoms with Gasteiger partial charge in [0.05, 0.1) is 33.0 Å². The molecule has 3 rings (SSSR count). The van der Waals surface area contributed by atoms with Gasteiger partial charge in [0.1, 0.15) is 0 Å². The molecular weight excluding hydrogens is 326 g/mol. The van der Waals surface area contributed by atoms with Crippen molar-refractivity contribution in [2.75, 3.05) is 21.3 Å². The molecule has 0 bridgehead atoms. The number of nitriles is 1. The van der Waals surface area contributed by atoms with Crippen molar-refractivity contribution in [2.24, 2.45) is 0 Å². The number of ether oxygens (including phenoxy) is 3. The predicted octanol–water partition coefficient (Wildman–Crippen LogP) is 4.91. The molecule has 0 heterocycles. The summed E-state index contributed by atoms with van der Waals surface area (Å²) in [5, 5.41) is 11.3. The van der Waals surface area contributed by atoms with Gasteiger partial charge in [-0.05, 0) is 34.7 Å².